The van der Waals surface area contributed by atoms with Crippen LogP contribution in [0.1, 0.15) is 35.2 Å². The lowest BCUT2D eigenvalue weighted by atomic mass is 10.1. The van der Waals surface area contributed by atoms with Crippen LogP contribution in [0.2, 0.25) is 0 Å². The molecule has 8 heteroatoms. The summed E-state index contributed by atoms with van der Waals surface area (Å²) < 4.78 is 33.9. The number of aromatic nitrogens is 3. The van der Waals surface area contributed by atoms with E-state index in [4.69, 9.17) is 4.52 Å². The Kier molecular flexibility index (Phi) is 4.44. The molecular weight excluding hydrogens is 348 g/mol. The minimum absolute atomic E-state index is 0.149. The Morgan fingerprint density at radius 1 is 1.16 bits per heavy atom. The molecule has 1 aliphatic rings. The van der Waals surface area contributed by atoms with Crippen molar-refractivity contribution in [3.63, 3.8) is 0 Å². The number of hydrogen-bond acceptors (Lipinski definition) is 6. The molecular formula is C17H15F2N3O2S. The maximum absolute atomic E-state index is 12.1. The third kappa shape index (κ3) is 4.01. The van der Waals surface area contributed by atoms with Crippen molar-refractivity contribution in [2.45, 2.75) is 38.2 Å². The number of aryl methyl sites for hydroxylation is 2. The smallest absolute Gasteiger partial charge is 0.387 e. The number of ether oxygens (including phenoxy) is 1. The highest BCUT2D eigenvalue weighted by Gasteiger charge is 2.27. The summed E-state index contributed by atoms with van der Waals surface area (Å²) in [5, 5.41) is 7.08. The van der Waals surface area contributed by atoms with Crippen LogP contribution >= 0.6 is 11.3 Å². The molecule has 1 saturated carbocycles. The second-order valence-electron chi connectivity index (χ2n) is 5.88. The lowest BCUT2D eigenvalue weighted by Crippen LogP contribution is -2.01. The predicted molar refractivity (Wildman–Crippen MR) is 87.9 cm³/mol. The molecule has 2 aromatic heterocycles. The van der Waals surface area contributed by atoms with Crippen LogP contribution in [0.3, 0.4) is 0 Å². The molecule has 1 fully saturated rings. The molecule has 0 N–H and O–H groups in total. The van der Waals surface area contributed by atoms with Crippen molar-refractivity contribution in [3.8, 4) is 17.3 Å². The first-order chi connectivity index (χ1) is 12.2. The molecule has 0 amide bonds. The fraction of sp³-hybridized carbons (Fsp3) is 0.353. The first kappa shape index (κ1) is 16.1. The summed E-state index contributed by atoms with van der Waals surface area (Å²) in [7, 11) is 0. The largest absolute Gasteiger partial charge is 0.435 e. The van der Waals surface area contributed by atoms with E-state index in [2.05, 4.69) is 19.9 Å². The summed E-state index contributed by atoms with van der Waals surface area (Å²) in [6.07, 6.45) is 3.70. The molecule has 130 valence electrons. The number of rotatable bonds is 7. The van der Waals surface area contributed by atoms with E-state index < -0.39 is 6.61 Å². The molecule has 0 radical (unpaired) electrons. The summed E-state index contributed by atoms with van der Waals surface area (Å²) in [6, 6.07) is 6.55. The van der Waals surface area contributed by atoms with Crippen LogP contribution in [-0.2, 0) is 12.8 Å². The molecule has 0 spiro atoms. The summed E-state index contributed by atoms with van der Waals surface area (Å²) in [4.78, 5) is 8.94. The van der Waals surface area contributed by atoms with Gasteiger partial charge in [0, 0.05) is 17.7 Å². The number of benzene rings is 1. The van der Waals surface area contributed by atoms with E-state index in [-0.39, 0.29) is 5.75 Å². The maximum Gasteiger partial charge on any atom is 0.387 e. The highest BCUT2D eigenvalue weighted by atomic mass is 32.1. The van der Waals surface area contributed by atoms with Gasteiger partial charge in [-0.25, -0.2) is 4.98 Å². The highest BCUT2D eigenvalue weighted by molar-refractivity contribution is 7.10. The van der Waals surface area contributed by atoms with Crippen molar-refractivity contribution in [3.05, 3.63) is 46.0 Å². The van der Waals surface area contributed by atoms with Gasteiger partial charge in [-0.1, -0.05) is 17.3 Å². The van der Waals surface area contributed by atoms with Gasteiger partial charge >= 0.3 is 6.61 Å². The Balaban J connectivity index is 1.36. The number of nitrogens with zero attached hydrogens (tertiary/aromatic N) is 3. The Bertz CT molecular complexity index is 844. The van der Waals surface area contributed by atoms with E-state index >= 15 is 0 Å². The zero-order chi connectivity index (χ0) is 17.2. The van der Waals surface area contributed by atoms with E-state index in [1.165, 1.54) is 25.0 Å². The molecule has 1 aliphatic carbocycles. The standard InChI is InChI=1S/C17H15F2N3O2S/c18-17(19)23-12-6-1-10(2-7-12)3-8-14-21-15(24-22-14)13-9-25-16(20-13)11-4-5-11/h1-2,6-7,9,11,17H,3-5,8H2. The fourth-order valence-corrected chi connectivity index (χ4v) is 3.42. The second kappa shape index (κ2) is 6.87. The fourth-order valence-electron chi connectivity index (χ4n) is 2.46. The molecule has 0 saturated heterocycles. The van der Waals surface area contributed by atoms with Crippen molar-refractivity contribution in [2.24, 2.45) is 0 Å². The summed E-state index contributed by atoms with van der Waals surface area (Å²) in [5.41, 5.74) is 1.72. The first-order valence-electron chi connectivity index (χ1n) is 7.99. The van der Waals surface area contributed by atoms with Gasteiger partial charge in [0.15, 0.2) is 5.82 Å². The molecule has 1 aromatic carbocycles. The van der Waals surface area contributed by atoms with Crippen molar-refractivity contribution in [1.82, 2.24) is 15.1 Å². The van der Waals surface area contributed by atoms with Gasteiger partial charge in [-0.05, 0) is 37.0 Å². The average Bonchev–Trinajstić information content (AvgIpc) is 3.14. The summed E-state index contributed by atoms with van der Waals surface area (Å²) >= 11 is 1.64. The van der Waals surface area contributed by atoms with Crippen LogP contribution in [0.15, 0.2) is 34.2 Å². The summed E-state index contributed by atoms with van der Waals surface area (Å²) in [5.74, 6) is 1.80. The molecule has 0 aliphatic heterocycles. The van der Waals surface area contributed by atoms with Gasteiger partial charge in [-0.15, -0.1) is 11.3 Å². The van der Waals surface area contributed by atoms with Gasteiger partial charge in [0.05, 0.1) is 5.01 Å². The van der Waals surface area contributed by atoms with Gasteiger partial charge in [-0.3, -0.25) is 0 Å². The highest BCUT2D eigenvalue weighted by Crippen LogP contribution is 2.42. The number of halogens is 2. The minimum atomic E-state index is -2.81. The third-order valence-corrected chi connectivity index (χ3v) is 4.93. The topological polar surface area (TPSA) is 61.0 Å². The van der Waals surface area contributed by atoms with Crippen molar-refractivity contribution >= 4 is 11.3 Å². The Hall–Kier alpha value is -2.35. The van der Waals surface area contributed by atoms with Gasteiger partial charge in [0.2, 0.25) is 0 Å². The van der Waals surface area contributed by atoms with Gasteiger partial charge in [0.25, 0.3) is 5.89 Å². The van der Waals surface area contributed by atoms with Gasteiger partial charge in [-0.2, -0.15) is 13.8 Å². The minimum Gasteiger partial charge on any atom is -0.435 e. The van der Waals surface area contributed by atoms with Crippen LogP contribution in [0.25, 0.3) is 11.6 Å². The quantitative estimate of drug-likeness (QED) is 0.620. The zero-order valence-corrected chi connectivity index (χ0v) is 14.0. The Labute approximate surface area is 146 Å². The average molecular weight is 363 g/mol. The van der Waals surface area contributed by atoms with E-state index in [0.717, 1.165) is 16.3 Å². The van der Waals surface area contributed by atoms with E-state index in [0.29, 0.717) is 30.5 Å². The first-order valence-corrected chi connectivity index (χ1v) is 8.87. The monoisotopic (exact) mass is 363 g/mol. The van der Waals surface area contributed by atoms with E-state index in [1.807, 2.05) is 5.38 Å². The van der Waals surface area contributed by atoms with Crippen LogP contribution in [0.5, 0.6) is 5.75 Å². The Morgan fingerprint density at radius 2 is 1.96 bits per heavy atom. The molecule has 25 heavy (non-hydrogen) atoms. The molecule has 0 unspecified atom stereocenters. The van der Waals surface area contributed by atoms with Crippen molar-refractivity contribution in [1.29, 1.82) is 0 Å². The number of hydrogen-bond donors (Lipinski definition) is 0. The molecule has 4 rings (SSSR count). The maximum atomic E-state index is 12.1. The van der Waals surface area contributed by atoms with Crippen molar-refractivity contribution < 1.29 is 18.0 Å². The predicted octanol–water partition coefficient (Wildman–Crippen LogP) is 4.46. The lowest BCUT2D eigenvalue weighted by Gasteiger charge is -2.05. The third-order valence-electron chi connectivity index (χ3n) is 3.92. The van der Waals surface area contributed by atoms with E-state index in [9.17, 15) is 8.78 Å². The SMILES string of the molecule is FC(F)Oc1ccc(CCc2noc(-c3csc(C4CC4)n3)n2)cc1. The van der Waals surface area contributed by atoms with Crippen LogP contribution in [0, 0.1) is 0 Å². The molecule has 0 bridgehead atoms. The molecule has 2 heterocycles. The zero-order valence-electron chi connectivity index (χ0n) is 13.2. The van der Waals surface area contributed by atoms with E-state index in [1.54, 1.807) is 23.5 Å². The summed E-state index contributed by atoms with van der Waals surface area (Å²) in [6.45, 7) is -2.81. The number of thiazole rings is 1. The molecule has 5 nitrogen and oxygen atoms in total. The van der Waals surface area contributed by atoms with Gasteiger partial charge < -0.3 is 9.26 Å². The number of alkyl halides is 2. The molecule has 3 aromatic rings. The normalized spacial score (nSPS) is 14.2. The van der Waals surface area contributed by atoms with Gasteiger partial charge in [0.1, 0.15) is 11.4 Å². The van der Waals surface area contributed by atoms with Crippen LogP contribution < -0.4 is 4.74 Å². The van der Waals surface area contributed by atoms with Crippen molar-refractivity contribution in [2.75, 3.05) is 0 Å². The molecule has 0 atom stereocenters. The van der Waals surface area contributed by atoms with Crippen LogP contribution in [-0.4, -0.2) is 21.7 Å². The Morgan fingerprint density at radius 3 is 2.68 bits per heavy atom. The lowest BCUT2D eigenvalue weighted by molar-refractivity contribution is -0.0498. The second-order valence-corrected chi connectivity index (χ2v) is 6.77. The van der Waals surface area contributed by atoms with Crippen LogP contribution in [0.4, 0.5) is 8.78 Å².